The summed E-state index contributed by atoms with van der Waals surface area (Å²) in [6, 6.07) is 0. The van der Waals surface area contributed by atoms with Gasteiger partial charge in [-0.2, -0.15) is 9.97 Å². The number of nitrogen functional groups attached to an aromatic ring is 2. The number of β-amino-alcohol motifs (C(OH)–C–C–N with tert-alkyl or cyclic N) is 2. The zero-order chi connectivity index (χ0) is 20.8. The van der Waals surface area contributed by atoms with Gasteiger partial charge >= 0.3 is 0 Å². The minimum atomic E-state index is -0.305. The van der Waals surface area contributed by atoms with Crippen molar-refractivity contribution in [3.05, 3.63) is 15.6 Å². The minimum absolute atomic E-state index is 0.00287. The molecule has 2 aliphatic heterocycles. The summed E-state index contributed by atoms with van der Waals surface area (Å²) >= 11 is 21.5. The normalized spacial score (nSPS) is 16.9. The van der Waals surface area contributed by atoms with Crippen molar-refractivity contribution >= 4 is 64.2 Å². The Kier molecular flexibility index (Phi) is 8.37. The second-order valence-electron chi connectivity index (χ2n) is 5.59. The molecule has 0 aromatic carbocycles. The fourth-order valence-corrected chi connectivity index (χ4v) is 2.38. The van der Waals surface area contributed by atoms with Crippen LogP contribution in [0, 0.1) is 0 Å². The zero-order valence-electron chi connectivity index (χ0n) is 14.1. The van der Waals surface area contributed by atoms with E-state index in [4.69, 9.17) is 68.3 Å². The predicted octanol–water partition coefficient (Wildman–Crippen LogP) is -0.135. The van der Waals surface area contributed by atoms with Gasteiger partial charge in [-0.25, -0.2) is 4.42 Å². The third-order valence-corrected chi connectivity index (χ3v) is 4.24. The van der Waals surface area contributed by atoms with Crippen molar-refractivity contribution in [2.45, 2.75) is 12.2 Å². The van der Waals surface area contributed by atoms with Crippen LogP contribution >= 0.6 is 46.6 Å². The van der Waals surface area contributed by atoms with Crippen LogP contribution in [-0.4, -0.2) is 83.4 Å². The number of aliphatic hydroxyl groups is 2. The van der Waals surface area contributed by atoms with Crippen molar-refractivity contribution < 1.29 is 10.2 Å². The molecule has 2 saturated heterocycles. The van der Waals surface area contributed by atoms with Crippen LogP contribution in [0.2, 0.25) is 15.6 Å². The topological polar surface area (TPSA) is 176 Å². The summed E-state index contributed by atoms with van der Waals surface area (Å²) in [5.41, 5.74) is 10.6. The quantitative estimate of drug-likeness (QED) is 0.403. The van der Waals surface area contributed by atoms with E-state index in [0.717, 1.165) is 0 Å². The summed E-state index contributed by atoms with van der Waals surface area (Å²) in [6.07, 6.45) is -0.469. The Morgan fingerprint density at radius 1 is 0.786 bits per heavy atom. The van der Waals surface area contributed by atoms with Crippen molar-refractivity contribution in [2.75, 3.05) is 42.5 Å². The number of rotatable bonds is 1. The van der Waals surface area contributed by atoms with Crippen molar-refractivity contribution in [1.29, 1.82) is 0 Å². The lowest BCUT2D eigenvalue weighted by atomic mass is 10.2. The van der Waals surface area contributed by atoms with Gasteiger partial charge < -0.3 is 26.6 Å². The van der Waals surface area contributed by atoms with Crippen LogP contribution in [-0.2, 0) is 0 Å². The van der Waals surface area contributed by atoms with Crippen molar-refractivity contribution in [3.63, 3.8) is 0 Å². The van der Waals surface area contributed by atoms with E-state index in [1.807, 2.05) is 0 Å². The van der Waals surface area contributed by atoms with Gasteiger partial charge in [0.25, 0.3) is 0 Å². The van der Waals surface area contributed by atoms with E-state index < -0.39 is 0 Å². The molecule has 16 heteroatoms. The Labute approximate surface area is 179 Å². The van der Waals surface area contributed by atoms with E-state index in [-0.39, 0.29) is 39.4 Å². The summed E-state index contributed by atoms with van der Waals surface area (Å²) in [5.74, 6) is 0.664. The lowest BCUT2D eigenvalue weighted by molar-refractivity contribution is 0.0566. The molecule has 6 N–H and O–H groups in total. The van der Waals surface area contributed by atoms with Gasteiger partial charge in [0, 0.05) is 26.2 Å². The molecule has 0 spiro atoms. The van der Waals surface area contributed by atoms with E-state index in [0.29, 0.717) is 32.1 Å². The molecule has 2 aromatic heterocycles. The fraction of sp³-hybridized carbons (Fsp3) is 0.500. The van der Waals surface area contributed by atoms with E-state index in [9.17, 15) is 0 Å². The number of nitrogens with zero attached hydrogens (tertiary/aromatic N) is 8. The highest BCUT2D eigenvalue weighted by molar-refractivity contribution is 6.32. The first kappa shape index (κ1) is 22.7. The molecule has 0 aliphatic carbocycles. The molecule has 0 atom stereocenters. The van der Waals surface area contributed by atoms with Crippen LogP contribution in [0.3, 0.4) is 0 Å². The van der Waals surface area contributed by atoms with E-state index in [2.05, 4.69) is 30.4 Å². The molecule has 0 bridgehead atoms. The Hall–Kier alpha value is -1.54. The highest BCUT2D eigenvalue weighted by atomic mass is 35.5. The van der Waals surface area contributed by atoms with Gasteiger partial charge in [0.2, 0.25) is 11.2 Å². The molecule has 4 heterocycles. The maximum absolute atomic E-state index is 9.03. The first-order valence-electron chi connectivity index (χ1n) is 7.64. The molecule has 0 unspecified atom stereocenters. The van der Waals surface area contributed by atoms with Crippen LogP contribution in [0.15, 0.2) is 0 Å². The largest absolute Gasteiger partial charge is 0.390 e. The summed E-state index contributed by atoms with van der Waals surface area (Å²) < 4.78 is 1.55. The molecular formula is C12H16Cl4N10O2. The lowest BCUT2D eigenvalue weighted by Crippen LogP contribution is -2.51. The molecule has 28 heavy (non-hydrogen) atoms. The Balaban J connectivity index is 0.000000162. The number of hydrogen-bond acceptors (Lipinski definition) is 12. The van der Waals surface area contributed by atoms with Crippen LogP contribution in [0.4, 0.5) is 17.6 Å². The Bertz CT molecular complexity index is 785. The molecule has 2 aromatic rings. The maximum atomic E-state index is 9.03. The van der Waals surface area contributed by atoms with Gasteiger partial charge in [-0.05, 0) is 23.4 Å². The van der Waals surface area contributed by atoms with Crippen molar-refractivity contribution in [3.8, 4) is 0 Å². The molecular weight excluding hydrogens is 458 g/mol. The van der Waals surface area contributed by atoms with E-state index >= 15 is 0 Å². The molecule has 0 radical (unpaired) electrons. The third-order valence-electron chi connectivity index (χ3n) is 3.27. The van der Waals surface area contributed by atoms with E-state index in [1.165, 1.54) is 0 Å². The van der Waals surface area contributed by atoms with Crippen molar-refractivity contribution in [1.82, 2.24) is 34.8 Å². The molecule has 4 rings (SSSR count). The molecule has 2 fully saturated rings. The van der Waals surface area contributed by atoms with Crippen LogP contribution in [0.5, 0.6) is 0 Å². The number of halogens is 4. The maximum Gasteiger partial charge on any atom is 0.247 e. The van der Waals surface area contributed by atoms with E-state index in [1.54, 1.807) is 9.32 Å². The van der Waals surface area contributed by atoms with Gasteiger partial charge in [-0.15, -0.1) is 20.4 Å². The highest BCUT2D eigenvalue weighted by Crippen LogP contribution is 2.19. The number of aromatic nitrogens is 6. The second kappa shape index (κ2) is 10.3. The molecule has 154 valence electrons. The predicted molar refractivity (Wildman–Crippen MR) is 105 cm³/mol. The number of hydrogen-bond donors (Lipinski definition) is 4. The Morgan fingerprint density at radius 3 is 1.64 bits per heavy atom. The fourth-order valence-electron chi connectivity index (χ4n) is 1.78. The zero-order valence-corrected chi connectivity index (χ0v) is 17.1. The van der Waals surface area contributed by atoms with Crippen molar-refractivity contribution in [2.24, 2.45) is 0 Å². The van der Waals surface area contributed by atoms with Gasteiger partial charge in [0.1, 0.15) is 0 Å². The molecule has 0 saturated carbocycles. The van der Waals surface area contributed by atoms with Gasteiger partial charge in [0.15, 0.2) is 21.9 Å². The molecule has 12 nitrogen and oxygen atoms in total. The SMILES string of the molecule is Nc1nc(Cl)nnc1Cl.Nc1nc(N2CC(O)C2)nnc1Cl.OC1CN(Cl)C1. The van der Waals surface area contributed by atoms with Gasteiger partial charge in [-0.3, -0.25) is 0 Å². The second-order valence-corrected chi connectivity index (χ2v) is 7.12. The molecule has 2 aliphatic rings. The molecule has 0 amide bonds. The highest BCUT2D eigenvalue weighted by Gasteiger charge is 2.27. The number of aliphatic hydroxyl groups excluding tert-OH is 2. The summed E-state index contributed by atoms with van der Waals surface area (Å²) in [5, 5.41) is 31.7. The first-order valence-corrected chi connectivity index (χ1v) is 9.11. The summed E-state index contributed by atoms with van der Waals surface area (Å²) in [7, 11) is 0. The Morgan fingerprint density at radius 2 is 1.29 bits per heavy atom. The van der Waals surface area contributed by atoms with Gasteiger partial charge in [-0.1, -0.05) is 23.2 Å². The monoisotopic (exact) mass is 472 g/mol. The average molecular weight is 474 g/mol. The number of anilines is 3. The van der Waals surface area contributed by atoms with Gasteiger partial charge in [0.05, 0.1) is 12.2 Å². The summed E-state index contributed by atoms with van der Waals surface area (Å²) in [6.45, 7) is 2.29. The van der Waals surface area contributed by atoms with Crippen LogP contribution in [0.25, 0.3) is 0 Å². The number of nitrogens with two attached hydrogens (primary N) is 2. The standard InChI is InChI=1S/C6H8ClN5O.C3H2Cl2N4.C3H6ClNO/c7-4-5(8)9-6(11-10-4)12-1-3(13)2-12;4-1-2(6)7-3(5)9-8-1;4-5-1-3(6)2-5/h3,13H,1-2H2,(H2,8,9,11);(H2,6,7,9);3,6H,1-2H2. The average Bonchev–Trinajstić information content (AvgIpc) is 2.58. The summed E-state index contributed by atoms with van der Waals surface area (Å²) in [4.78, 5) is 9.20. The lowest BCUT2D eigenvalue weighted by Gasteiger charge is -2.35. The van der Waals surface area contributed by atoms with Crippen LogP contribution in [0.1, 0.15) is 0 Å². The van der Waals surface area contributed by atoms with Crippen LogP contribution < -0.4 is 16.4 Å². The first-order chi connectivity index (χ1) is 13.2. The third kappa shape index (κ3) is 6.81. The minimum Gasteiger partial charge on any atom is -0.390 e. The smallest absolute Gasteiger partial charge is 0.247 e.